The molecule has 1 heterocycles. The molecule has 2 aliphatic rings. The number of hydrogen-bond acceptors (Lipinski definition) is 6. The Kier molecular flexibility index (Phi) is 6.44. The van der Waals surface area contributed by atoms with Gasteiger partial charge in [-0.1, -0.05) is 49.2 Å². The maximum Gasteiger partial charge on any atom is 0.247 e. The second kappa shape index (κ2) is 8.98. The maximum atomic E-state index is 12.7. The van der Waals surface area contributed by atoms with Crippen molar-refractivity contribution < 1.29 is 14.7 Å². The summed E-state index contributed by atoms with van der Waals surface area (Å²) in [5, 5.41) is 19.4. The number of para-hydroxylation sites is 1. The van der Waals surface area contributed by atoms with Crippen molar-refractivity contribution in [2.75, 3.05) is 4.90 Å². The van der Waals surface area contributed by atoms with Gasteiger partial charge in [-0.2, -0.15) is 5.10 Å². The van der Waals surface area contributed by atoms with Crippen molar-refractivity contribution in [2.24, 2.45) is 10.2 Å². The summed E-state index contributed by atoms with van der Waals surface area (Å²) >= 11 is 1.15. The molecule has 0 bridgehead atoms. The zero-order valence-corrected chi connectivity index (χ0v) is 15.4. The van der Waals surface area contributed by atoms with Crippen LogP contribution in [0.25, 0.3) is 0 Å². The zero-order valence-electron chi connectivity index (χ0n) is 14.6. The molecule has 1 atom stereocenters. The van der Waals surface area contributed by atoms with Gasteiger partial charge < -0.3 is 9.90 Å². The van der Waals surface area contributed by atoms with Gasteiger partial charge in [-0.25, -0.2) is 0 Å². The maximum absolute atomic E-state index is 12.7. The number of carboxylic acids is 1. The fourth-order valence-corrected chi connectivity index (χ4v) is 4.23. The molecule has 0 spiro atoms. The third-order valence-corrected chi connectivity index (χ3v) is 5.64. The van der Waals surface area contributed by atoms with Crippen molar-refractivity contribution >= 4 is 40.2 Å². The Morgan fingerprint density at radius 1 is 1.08 bits per heavy atom. The number of hydrogen-bond donors (Lipinski definition) is 0. The van der Waals surface area contributed by atoms with Crippen molar-refractivity contribution in [1.29, 1.82) is 0 Å². The Balaban J connectivity index is 1.86. The highest BCUT2D eigenvalue weighted by Gasteiger charge is 2.39. The van der Waals surface area contributed by atoms with Gasteiger partial charge in [0.15, 0.2) is 5.17 Å². The van der Waals surface area contributed by atoms with Gasteiger partial charge in [0.2, 0.25) is 5.91 Å². The van der Waals surface area contributed by atoms with Crippen LogP contribution in [0.1, 0.15) is 51.4 Å². The summed E-state index contributed by atoms with van der Waals surface area (Å²) in [5.74, 6) is -1.53. The minimum atomic E-state index is -1.24. The summed E-state index contributed by atoms with van der Waals surface area (Å²) in [5.41, 5.74) is 1.73. The van der Waals surface area contributed by atoms with Gasteiger partial charge in [0, 0.05) is 18.1 Å². The average molecular weight is 372 g/mol. The van der Waals surface area contributed by atoms with Gasteiger partial charge in [0.1, 0.15) is 0 Å². The molecule has 26 heavy (non-hydrogen) atoms. The molecule has 2 fully saturated rings. The first-order chi connectivity index (χ1) is 12.6. The number of carbonyl (C=O) groups is 2. The first-order valence-corrected chi connectivity index (χ1v) is 9.92. The number of carboxylic acid groups (broad SMARTS) is 1. The average Bonchev–Trinajstić information content (AvgIpc) is 2.90. The summed E-state index contributed by atoms with van der Waals surface area (Å²) in [7, 11) is 0. The van der Waals surface area contributed by atoms with E-state index in [4.69, 9.17) is 0 Å². The van der Waals surface area contributed by atoms with Crippen LogP contribution in [0.15, 0.2) is 40.5 Å². The third kappa shape index (κ3) is 4.72. The highest BCUT2D eigenvalue weighted by atomic mass is 32.2. The smallest absolute Gasteiger partial charge is 0.247 e. The normalized spacial score (nSPS) is 23.0. The van der Waals surface area contributed by atoms with E-state index in [1.807, 2.05) is 18.2 Å². The molecule has 138 valence electrons. The Bertz CT molecular complexity index is 708. The fraction of sp³-hybridized carbons (Fsp3) is 0.474. The topological polar surface area (TPSA) is 85.2 Å². The van der Waals surface area contributed by atoms with Crippen LogP contribution < -0.4 is 10.0 Å². The molecule has 1 saturated carbocycles. The van der Waals surface area contributed by atoms with Crippen LogP contribution in [0, 0.1) is 0 Å². The van der Waals surface area contributed by atoms with Crippen molar-refractivity contribution in [1.82, 2.24) is 0 Å². The molecule has 0 radical (unpaired) electrons. The largest absolute Gasteiger partial charge is 0.550 e. The van der Waals surface area contributed by atoms with E-state index in [0.717, 1.165) is 43.2 Å². The molecule has 0 N–H and O–H groups in total. The van der Waals surface area contributed by atoms with Crippen LogP contribution in [-0.4, -0.2) is 28.0 Å². The van der Waals surface area contributed by atoms with Crippen LogP contribution >= 0.6 is 11.8 Å². The monoisotopic (exact) mass is 372 g/mol. The molecule has 1 amide bonds. The van der Waals surface area contributed by atoms with Crippen molar-refractivity contribution in [3.8, 4) is 0 Å². The summed E-state index contributed by atoms with van der Waals surface area (Å²) < 4.78 is 0. The number of benzene rings is 1. The number of amidine groups is 1. The van der Waals surface area contributed by atoms with Gasteiger partial charge in [0.25, 0.3) is 0 Å². The summed E-state index contributed by atoms with van der Waals surface area (Å²) in [6.07, 6.45) is 7.48. The lowest BCUT2D eigenvalue weighted by atomic mass is 9.99. The van der Waals surface area contributed by atoms with Gasteiger partial charge in [0.05, 0.1) is 10.9 Å². The van der Waals surface area contributed by atoms with E-state index in [9.17, 15) is 14.7 Å². The summed E-state index contributed by atoms with van der Waals surface area (Å²) in [4.78, 5) is 25.1. The molecule has 1 aliphatic carbocycles. The van der Waals surface area contributed by atoms with E-state index in [0.29, 0.717) is 10.9 Å². The minimum Gasteiger partial charge on any atom is -0.550 e. The Morgan fingerprint density at radius 3 is 2.38 bits per heavy atom. The second-order valence-corrected chi connectivity index (χ2v) is 7.68. The molecular formula is C19H22N3O3S-. The van der Waals surface area contributed by atoms with Crippen LogP contribution in [-0.2, 0) is 9.59 Å². The SMILES string of the molecule is O=C([O-])C[C@H]1S/C(=N/N=C2CCCCCCC2)N(c2ccccc2)C1=O. The summed E-state index contributed by atoms with van der Waals surface area (Å²) in [6, 6.07) is 9.13. The Hall–Kier alpha value is -2.15. The molecule has 1 aliphatic heterocycles. The second-order valence-electron chi connectivity index (χ2n) is 6.51. The van der Waals surface area contributed by atoms with E-state index in [2.05, 4.69) is 10.2 Å². The zero-order chi connectivity index (χ0) is 18.4. The van der Waals surface area contributed by atoms with Gasteiger partial charge in [-0.3, -0.25) is 9.69 Å². The fourth-order valence-electron chi connectivity index (χ4n) is 3.16. The number of nitrogens with zero attached hydrogens (tertiary/aromatic N) is 3. The lowest BCUT2D eigenvalue weighted by Gasteiger charge is -2.16. The lowest BCUT2D eigenvalue weighted by molar-refractivity contribution is -0.305. The number of aliphatic carboxylic acids is 1. The molecule has 1 saturated heterocycles. The number of rotatable bonds is 4. The Labute approximate surface area is 157 Å². The van der Waals surface area contributed by atoms with Gasteiger partial charge in [-0.15, -0.1) is 5.10 Å². The minimum absolute atomic E-state index is 0.290. The van der Waals surface area contributed by atoms with Crippen LogP contribution in [0.5, 0.6) is 0 Å². The molecule has 0 aromatic heterocycles. The van der Waals surface area contributed by atoms with Crippen LogP contribution in [0.4, 0.5) is 5.69 Å². The van der Waals surface area contributed by atoms with Crippen LogP contribution in [0.3, 0.4) is 0 Å². The number of amides is 1. The quantitative estimate of drug-likeness (QED) is 0.761. The molecule has 7 heteroatoms. The van der Waals surface area contributed by atoms with E-state index < -0.39 is 11.2 Å². The van der Waals surface area contributed by atoms with E-state index in [1.54, 1.807) is 12.1 Å². The standard InChI is InChI=1S/C19H23N3O3S/c23-17(24)13-16-18(25)22(15-11-7-4-8-12-15)19(26-16)21-20-14-9-5-2-1-3-6-10-14/h4,7-8,11-12,16H,1-3,5-6,9-10,13H2,(H,23,24)/p-1/b21-19+/t16-/m1/s1. The van der Waals surface area contributed by atoms with E-state index in [-0.39, 0.29) is 12.3 Å². The highest BCUT2D eigenvalue weighted by molar-refractivity contribution is 8.16. The van der Waals surface area contributed by atoms with Gasteiger partial charge in [-0.05, 0) is 37.8 Å². The molecule has 1 aromatic rings. The molecule has 6 nitrogen and oxygen atoms in total. The summed E-state index contributed by atoms with van der Waals surface area (Å²) in [6.45, 7) is 0. The number of anilines is 1. The van der Waals surface area contributed by atoms with Crippen molar-refractivity contribution in [3.63, 3.8) is 0 Å². The number of thioether (sulfide) groups is 1. The van der Waals surface area contributed by atoms with Gasteiger partial charge >= 0.3 is 0 Å². The predicted molar refractivity (Wildman–Crippen MR) is 102 cm³/mol. The molecular weight excluding hydrogens is 350 g/mol. The molecule has 1 aromatic carbocycles. The lowest BCUT2D eigenvalue weighted by Crippen LogP contribution is -2.35. The number of carbonyl (C=O) groups excluding carboxylic acids is 2. The predicted octanol–water partition coefficient (Wildman–Crippen LogP) is 2.73. The first-order valence-electron chi connectivity index (χ1n) is 9.04. The van der Waals surface area contributed by atoms with Crippen molar-refractivity contribution in [3.05, 3.63) is 30.3 Å². The Morgan fingerprint density at radius 2 is 1.73 bits per heavy atom. The highest BCUT2D eigenvalue weighted by Crippen LogP contribution is 2.33. The van der Waals surface area contributed by atoms with Crippen molar-refractivity contribution in [2.45, 2.75) is 56.6 Å². The third-order valence-electron chi connectivity index (χ3n) is 4.51. The molecule has 3 rings (SSSR count). The van der Waals surface area contributed by atoms with Crippen LogP contribution in [0.2, 0.25) is 0 Å². The van der Waals surface area contributed by atoms with E-state index >= 15 is 0 Å². The molecule has 0 unspecified atom stereocenters. The van der Waals surface area contributed by atoms with E-state index in [1.165, 1.54) is 24.2 Å². The first kappa shape index (κ1) is 18.6.